The Kier molecular flexibility index (Phi) is 6.27. The summed E-state index contributed by atoms with van der Waals surface area (Å²) in [5.74, 6) is -2.93. The lowest BCUT2D eigenvalue weighted by Crippen LogP contribution is -2.49. The molecule has 1 aromatic heterocycles. The molecule has 0 bridgehead atoms. The van der Waals surface area contributed by atoms with Gasteiger partial charge in [0.25, 0.3) is 5.76 Å². The van der Waals surface area contributed by atoms with Crippen LogP contribution in [0.4, 0.5) is 27.6 Å². The lowest BCUT2D eigenvalue weighted by Gasteiger charge is -2.36. The number of fused-ring (bicyclic) bond motifs is 1. The molecule has 2 aromatic carbocycles. The first-order chi connectivity index (χ1) is 15.2. The Bertz CT molecular complexity index is 1110. The molecule has 1 fully saturated rings. The van der Waals surface area contributed by atoms with Gasteiger partial charge in [0.05, 0.1) is 16.6 Å². The van der Waals surface area contributed by atoms with Crippen molar-refractivity contribution in [3.8, 4) is 0 Å². The van der Waals surface area contributed by atoms with Gasteiger partial charge in [-0.15, -0.1) is 0 Å². The van der Waals surface area contributed by atoms with E-state index in [1.54, 1.807) is 40.1 Å². The molecule has 1 aliphatic heterocycles. The molecule has 2 heterocycles. The van der Waals surface area contributed by atoms with E-state index in [4.69, 9.17) is 0 Å². The van der Waals surface area contributed by atoms with E-state index in [2.05, 4.69) is 4.98 Å². The molecule has 1 aliphatic rings. The standard InChI is InChI=1S/C21H19F5N4OS/c22-19(23)32-20-27-16-6-1-2-7-17(16)30(20)13-18(31)29-10-8-28(9-11-29)15-5-3-4-14(12-15)21(24,25)26/h1-7,12,19H,8-11,13H2. The predicted octanol–water partition coefficient (Wildman–Crippen LogP) is 4.72. The number of para-hydroxylation sites is 2. The Morgan fingerprint density at radius 1 is 1.03 bits per heavy atom. The maximum atomic E-state index is 13.0. The van der Waals surface area contributed by atoms with Crippen LogP contribution in [-0.4, -0.2) is 52.3 Å². The second-order valence-corrected chi connectivity index (χ2v) is 8.22. The highest BCUT2D eigenvalue weighted by molar-refractivity contribution is 7.99. The van der Waals surface area contributed by atoms with Crippen molar-refractivity contribution in [3.63, 3.8) is 0 Å². The lowest BCUT2D eigenvalue weighted by molar-refractivity contribution is -0.137. The number of carbonyl (C=O) groups excluding carboxylic acids is 1. The fraction of sp³-hybridized carbons (Fsp3) is 0.333. The number of nitrogens with zero attached hydrogens (tertiary/aromatic N) is 4. The Hall–Kier alpha value is -2.82. The number of carbonyl (C=O) groups is 1. The molecule has 11 heteroatoms. The number of thioether (sulfide) groups is 1. The molecule has 170 valence electrons. The van der Waals surface area contributed by atoms with E-state index < -0.39 is 17.5 Å². The Balaban J connectivity index is 1.45. The fourth-order valence-electron chi connectivity index (χ4n) is 3.70. The molecule has 3 aromatic rings. The van der Waals surface area contributed by atoms with Gasteiger partial charge in [0.2, 0.25) is 5.91 Å². The summed E-state index contributed by atoms with van der Waals surface area (Å²) in [6, 6.07) is 12.0. The van der Waals surface area contributed by atoms with Crippen molar-refractivity contribution in [3.05, 3.63) is 54.1 Å². The van der Waals surface area contributed by atoms with Gasteiger partial charge in [0, 0.05) is 31.9 Å². The molecule has 1 saturated heterocycles. The van der Waals surface area contributed by atoms with Crippen LogP contribution in [0, 0.1) is 0 Å². The van der Waals surface area contributed by atoms with E-state index in [1.165, 1.54) is 10.6 Å². The predicted molar refractivity (Wildman–Crippen MR) is 112 cm³/mol. The number of imidazole rings is 1. The zero-order chi connectivity index (χ0) is 22.9. The van der Waals surface area contributed by atoms with Gasteiger partial charge in [0.15, 0.2) is 5.16 Å². The van der Waals surface area contributed by atoms with Gasteiger partial charge in [-0.3, -0.25) is 4.79 Å². The van der Waals surface area contributed by atoms with Crippen LogP contribution in [0.3, 0.4) is 0 Å². The number of halogens is 5. The minimum atomic E-state index is -4.42. The number of hydrogen-bond acceptors (Lipinski definition) is 4. The van der Waals surface area contributed by atoms with E-state index in [0.29, 0.717) is 42.9 Å². The van der Waals surface area contributed by atoms with Crippen LogP contribution < -0.4 is 4.90 Å². The second kappa shape index (κ2) is 8.97. The smallest absolute Gasteiger partial charge is 0.368 e. The average Bonchev–Trinajstić information content (AvgIpc) is 3.09. The summed E-state index contributed by atoms with van der Waals surface area (Å²) in [5.41, 5.74) is 0.845. The first kappa shape index (κ1) is 22.4. The number of aromatic nitrogens is 2. The number of piperazine rings is 1. The Labute approximate surface area is 184 Å². The van der Waals surface area contributed by atoms with Crippen molar-refractivity contribution in [1.29, 1.82) is 0 Å². The summed E-state index contributed by atoms with van der Waals surface area (Å²) < 4.78 is 66.3. The van der Waals surface area contributed by atoms with Crippen LogP contribution in [0.25, 0.3) is 11.0 Å². The number of anilines is 1. The Morgan fingerprint density at radius 3 is 2.44 bits per heavy atom. The summed E-state index contributed by atoms with van der Waals surface area (Å²) in [5, 5.41) is 0.0668. The minimum absolute atomic E-state index is 0.0668. The summed E-state index contributed by atoms with van der Waals surface area (Å²) in [6.45, 7) is 1.24. The zero-order valence-corrected chi connectivity index (χ0v) is 17.5. The number of rotatable bonds is 5. The van der Waals surface area contributed by atoms with Gasteiger partial charge in [-0.05, 0) is 42.1 Å². The quantitative estimate of drug-likeness (QED) is 0.400. The molecule has 0 aliphatic carbocycles. The highest BCUT2D eigenvalue weighted by atomic mass is 32.2. The third-order valence-corrected chi connectivity index (χ3v) is 5.98. The largest absolute Gasteiger partial charge is 0.416 e. The molecule has 0 N–H and O–H groups in total. The Morgan fingerprint density at radius 2 is 1.75 bits per heavy atom. The van der Waals surface area contributed by atoms with Crippen LogP contribution in [0.1, 0.15) is 5.56 Å². The average molecular weight is 470 g/mol. The normalized spacial score (nSPS) is 15.1. The van der Waals surface area contributed by atoms with Crippen molar-refractivity contribution >= 4 is 34.4 Å². The highest BCUT2D eigenvalue weighted by Gasteiger charge is 2.31. The van der Waals surface area contributed by atoms with Gasteiger partial charge >= 0.3 is 6.18 Å². The molecule has 4 rings (SSSR count). The van der Waals surface area contributed by atoms with Crippen LogP contribution in [0.15, 0.2) is 53.7 Å². The summed E-state index contributed by atoms with van der Waals surface area (Å²) >= 11 is 0.288. The van der Waals surface area contributed by atoms with Crippen LogP contribution >= 0.6 is 11.8 Å². The molecule has 0 unspecified atom stereocenters. The molecule has 0 radical (unpaired) electrons. The van der Waals surface area contributed by atoms with E-state index in [0.717, 1.165) is 12.1 Å². The summed E-state index contributed by atoms with van der Waals surface area (Å²) in [6.07, 6.45) is -4.42. The molecule has 0 spiro atoms. The van der Waals surface area contributed by atoms with Gasteiger partial charge in [-0.1, -0.05) is 18.2 Å². The zero-order valence-electron chi connectivity index (χ0n) is 16.7. The van der Waals surface area contributed by atoms with E-state index in [1.807, 2.05) is 0 Å². The van der Waals surface area contributed by atoms with Crippen molar-refractivity contribution in [2.75, 3.05) is 31.1 Å². The summed E-state index contributed by atoms with van der Waals surface area (Å²) in [4.78, 5) is 20.5. The van der Waals surface area contributed by atoms with Gasteiger partial charge in [0.1, 0.15) is 6.54 Å². The molecule has 1 amide bonds. The lowest BCUT2D eigenvalue weighted by atomic mass is 10.1. The highest BCUT2D eigenvalue weighted by Crippen LogP contribution is 2.32. The van der Waals surface area contributed by atoms with Crippen LogP contribution in [0.5, 0.6) is 0 Å². The van der Waals surface area contributed by atoms with Crippen LogP contribution in [0.2, 0.25) is 0 Å². The fourth-order valence-corrected chi connectivity index (χ4v) is 4.30. The van der Waals surface area contributed by atoms with Gasteiger partial charge < -0.3 is 14.4 Å². The van der Waals surface area contributed by atoms with Crippen molar-refractivity contribution in [1.82, 2.24) is 14.5 Å². The topological polar surface area (TPSA) is 41.4 Å². The van der Waals surface area contributed by atoms with Crippen molar-refractivity contribution in [2.45, 2.75) is 23.6 Å². The van der Waals surface area contributed by atoms with E-state index in [-0.39, 0.29) is 29.4 Å². The first-order valence-corrected chi connectivity index (χ1v) is 10.7. The third-order valence-electron chi connectivity index (χ3n) is 5.28. The maximum Gasteiger partial charge on any atom is 0.416 e. The molecule has 0 saturated carbocycles. The molecule has 0 atom stereocenters. The maximum absolute atomic E-state index is 13.0. The molecule has 32 heavy (non-hydrogen) atoms. The second-order valence-electron chi connectivity index (χ2n) is 7.26. The number of hydrogen-bond donors (Lipinski definition) is 0. The van der Waals surface area contributed by atoms with Gasteiger partial charge in [-0.2, -0.15) is 22.0 Å². The van der Waals surface area contributed by atoms with Crippen LogP contribution in [-0.2, 0) is 17.5 Å². The van der Waals surface area contributed by atoms with Crippen molar-refractivity contribution in [2.24, 2.45) is 0 Å². The minimum Gasteiger partial charge on any atom is -0.368 e. The van der Waals surface area contributed by atoms with Crippen molar-refractivity contribution < 1.29 is 26.7 Å². The molecule has 5 nitrogen and oxygen atoms in total. The summed E-state index contributed by atoms with van der Waals surface area (Å²) in [7, 11) is 0. The first-order valence-electron chi connectivity index (χ1n) is 9.82. The monoisotopic (exact) mass is 470 g/mol. The van der Waals surface area contributed by atoms with Gasteiger partial charge in [-0.25, -0.2) is 4.98 Å². The molecular weight excluding hydrogens is 451 g/mol. The molecular formula is C21H19F5N4OS. The number of amides is 1. The number of alkyl halides is 5. The van der Waals surface area contributed by atoms with E-state index >= 15 is 0 Å². The SMILES string of the molecule is O=C(Cn1c(SC(F)F)nc2ccccc21)N1CCN(c2cccc(C(F)(F)F)c2)CC1. The third kappa shape index (κ3) is 4.82. The van der Waals surface area contributed by atoms with E-state index in [9.17, 15) is 26.7 Å². The number of benzene rings is 2.